The first-order valence-electron chi connectivity index (χ1n) is 5.09. The van der Waals surface area contributed by atoms with Gasteiger partial charge in [0.2, 0.25) is 0 Å². The van der Waals surface area contributed by atoms with E-state index in [9.17, 15) is 0 Å². The van der Waals surface area contributed by atoms with Crippen molar-refractivity contribution in [2.45, 2.75) is 18.9 Å². The van der Waals surface area contributed by atoms with Gasteiger partial charge in [-0.05, 0) is 18.8 Å². The molecule has 1 atom stereocenters. The zero-order valence-electron chi connectivity index (χ0n) is 8.52. The lowest BCUT2D eigenvalue weighted by Crippen LogP contribution is -2.27. The molecule has 0 spiro atoms. The number of ether oxygens (including phenoxy) is 1. The molecule has 0 radical (unpaired) electrons. The van der Waals surface area contributed by atoms with Crippen molar-refractivity contribution in [3.63, 3.8) is 0 Å². The summed E-state index contributed by atoms with van der Waals surface area (Å²) in [5.41, 5.74) is 7.31. The maximum absolute atomic E-state index is 6.17. The standard InChI is InChI=1S/C10H17N3O/c1-13-7-9(6-12-13)10(11)8-2-4-14-5-3-8/h6-8,10H,2-5,11H2,1H3. The van der Waals surface area contributed by atoms with Crippen LogP contribution in [0.25, 0.3) is 0 Å². The first-order valence-corrected chi connectivity index (χ1v) is 5.09. The van der Waals surface area contributed by atoms with Gasteiger partial charge < -0.3 is 10.5 Å². The second-order valence-corrected chi connectivity index (χ2v) is 3.92. The van der Waals surface area contributed by atoms with Gasteiger partial charge in [-0.2, -0.15) is 5.10 Å². The van der Waals surface area contributed by atoms with Crippen LogP contribution in [0, 0.1) is 5.92 Å². The molecule has 2 N–H and O–H groups in total. The Morgan fingerprint density at radius 3 is 2.86 bits per heavy atom. The molecule has 0 aliphatic carbocycles. The first kappa shape index (κ1) is 9.68. The number of rotatable bonds is 2. The van der Waals surface area contributed by atoms with Gasteiger partial charge in [-0.15, -0.1) is 0 Å². The Morgan fingerprint density at radius 1 is 1.57 bits per heavy atom. The lowest BCUT2D eigenvalue weighted by Gasteiger charge is -2.26. The predicted molar refractivity (Wildman–Crippen MR) is 53.7 cm³/mol. The Morgan fingerprint density at radius 2 is 2.29 bits per heavy atom. The summed E-state index contributed by atoms with van der Waals surface area (Å²) in [6, 6.07) is 0.118. The van der Waals surface area contributed by atoms with Crippen LogP contribution in [-0.4, -0.2) is 23.0 Å². The third-order valence-corrected chi connectivity index (χ3v) is 2.88. The average molecular weight is 195 g/mol. The van der Waals surface area contributed by atoms with Crippen molar-refractivity contribution in [3.05, 3.63) is 18.0 Å². The molecule has 4 heteroatoms. The van der Waals surface area contributed by atoms with Crippen molar-refractivity contribution in [2.75, 3.05) is 13.2 Å². The van der Waals surface area contributed by atoms with Crippen LogP contribution in [0.5, 0.6) is 0 Å². The molecule has 1 fully saturated rings. The van der Waals surface area contributed by atoms with Crippen molar-refractivity contribution in [1.29, 1.82) is 0 Å². The lowest BCUT2D eigenvalue weighted by atomic mass is 9.89. The normalized spacial score (nSPS) is 21.0. The van der Waals surface area contributed by atoms with E-state index in [1.165, 1.54) is 0 Å². The molecule has 0 saturated carbocycles. The summed E-state index contributed by atoms with van der Waals surface area (Å²) in [6.07, 6.45) is 5.99. The van der Waals surface area contributed by atoms with Gasteiger partial charge in [-0.25, -0.2) is 0 Å². The number of aryl methyl sites for hydroxylation is 1. The van der Waals surface area contributed by atoms with Crippen LogP contribution in [0.2, 0.25) is 0 Å². The zero-order chi connectivity index (χ0) is 9.97. The molecule has 1 saturated heterocycles. The fourth-order valence-electron chi connectivity index (χ4n) is 1.96. The molecule has 1 aromatic rings. The van der Waals surface area contributed by atoms with Gasteiger partial charge in [-0.3, -0.25) is 4.68 Å². The van der Waals surface area contributed by atoms with E-state index >= 15 is 0 Å². The molecule has 1 aliphatic heterocycles. The van der Waals surface area contributed by atoms with Gasteiger partial charge in [-0.1, -0.05) is 0 Å². The molecular weight excluding hydrogens is 178 g/mol. The van der Waals surface area contributed by atoms with E-state index in [0.717, 1.165) is 31.6 Å². The van der Waals surface area contributed by atoms with Crippen LogP contribution in [0.15, 0.2) is 12.4 Å². The fourth-order valence-corrected chi connectivity index (χ4v) is 1.96. The highest BCUT2D eigenvalue weighted by Crippen LogP contribution is 2.27. The molecule has 1 aliphatic rings. The van der Waals surface area contributed by atoms with E-state index in [1.807, 2.05) is 19.4 Å². The Hall–Kier alpha value is -0.870. The molecule has 0 bridgehead atoms. The van der Waals surface area contributed by atoms with Gasteiger partial charge in [0.1, 0.15) is 0 Å². The quantitative estimate of drug-likeness (QED) is 0.761. The molecule has 14 heavy (non-hydrogen) atoms. The minimum absolute atomic E-state index is 0.118. The van der Waals surface area contributed by atoms with Crippen molar-refractivity contribution in [3.8, 4) is 0 Å². The predicted octanol–water partition coefficient (Wildman–Crippen LogP) is 0.846. The number of nitrogens with two attached hydrogens (primary N) is 1. The molecule has 4 nitrogen and oxygen atoms in total. The fraction of sp³-hybridized carbons (Fsp3) is 0.700. The molecule has 0 amide bonds. The SMILES string of the molecule is Cn1cc(C(N)C2CCOCC2)cn1. The smallest absolute Gasteiger partial charge is 0.0537 e. The molecule has 1 aromatic heterocycles. The first-order chi connectivity index (χ1) is 6.77. The van der Waals surface area contributed by atoms with Gasteiger partial charge in [0.25, 0.3) is 0 Å². The molecular formula is C10H17N3O. The van der Waals surface area contributed by atoms with E-state index in [2.05, 4.69) is 5.10 Å². The van der Waals surface area contributed by atoms with E-state index in [1.54, 1.807) is 4.68 Å². The zero-order valence-corrected chi connectivity index (χ0v) is 8.52. The summed E-state index contributed by atoms with van der Waals surface area (Å²) in [4.78, 5) is 0. The summed E-state index contributed by atoms with van der Waals surface area (Å²) in [6.45, 7) is 1.69. The second kappa shape index (κ2) is 4.11. The van der Waals surface area contributed by atoms with Crippen LogP contribution in [0.3, 0.4) is 0 Å². The van der Waals surface area contributed by atoms with Crippen molar-refractivity contribution in [1.82, 2.24) is 9.78 Å². The van der Waals surface area contributed by atoms with Gasteiger partial charge >= 0.3 is 0 Å². The van der Waals surface area contributed by atoms with Crippen molar-refractivity contribution < 1.29 is 4.74 Å². The highest BCUT2D eigenvalue weighted by Gasteiger charge is 2.22. The Balaban J connectivity index is 2.03. The number of aromatic nitrogens is 2. The minimum atomic E-state index is 0.118. The lowest BCUT2D eigenvalue weighted by molar-refractivity contribution is 0.0584. The minimum Gasteiger partial charge on any atom is -0.381 e. The third-order valence-electron chi connectivity index (χ3n) is 2.88. The van der Waals surface area contributed by atoms with Crippen LogP contribution in [-0.2, 0) is 11.8 Å². The number of nitrogens with zero attached hydrogens (tertiary/aromatic N) is 2. The molecule has 2 heterocycles. The second-order valence-electron chi connectivity index (χ2n) is 3.92. The largest absolute Gasteiger partial charge is 0.381 e. The summed E-state index contributed by atoms with van der Waals surface area (Å²) in [5, 5.41) is 4.14. The van der Waals surface area contributed by atoms with Crippen LogP contribution >= 0.6 is 0 Å². The van der Waals surface area contributed by atoms with Crippen LogP contribution in [0.1, 0.15) is 24.4 Å². The summed E-state index contributed by atoms with van der Waals surface area (Å²) < 4.78 is 7.11. The maximum atomic E-state index is 6.17. The van der Waals surface area contributed by atoms with Crippen LogP contribution in [0.4, 0.5) is 0 Å². The van der Waals surface area contributed by atoms with E-state index in [4.69, 9.17) is 10.5 Å². The van der Waals surface area contributed by atoms with Gasteiger partial charge in [0.05, 0.1) is 6.20 Å². The third kappa shape index (κ3) is 1.96. The Bertz CT molecular complexity index is 291. The molecule has 0 aromatic carbocycles. The Labute approximate surface area is 84.0 Å². The van der Waals surface area contributed by atoms with Crippen molar-refractivity contribution in [2.24, 2.45) is 18.7 Å². The summed E-state index contributed by atoms with van der Waals surface area (Å²) >= 11 is 0. The van der Waals surface area contributed by atoms with E-state index < -0.39 is 0 Å². The van der Waals surface area contributed by atoms with Crippen molar-refractivity contribution >= 4 is 0 Å². The number of hydrogen-bond acceptors (Lipinski definition) is 3. The highest BCUT2D eigenvalue weighted by atomic mass is 16.5. The number of hydrogen-bond donors (Lipinski definition) is 1. The Kier molecular flexibility index (Phi) is 2.84. The molecule has 2 rings (SSSR count). The van der Waals surface area contributed by atoms with Gasteiger partial charge in [0, 0.05) is 38.1 Å². The maximum Gasteiger partial charge on any atom is 0.0537 e. The average Bonchev–Trinajstić information content (AvgIpc) is 2.65. The summed E-state index contributed by atoms with van der Waals surface area (Å²) in [5.74, 6) is 0.549. The van der Waals surface area contributed by atoms with Gasteiger partial charge in [0.15, 0.2) is 0 Å². The van der Waals surface area contributed by atoms with E-state index in [0.29, 0.717) is 5.92 Å². The molecule has 1 unspecified atom stereocenters. The monoisotopic (exact) mass is 195 g/mol. The van der Waals surface area contributed by atoms with E-state index in [-0.39, 0.29) is 6.04 Å². The molecule has 78 valence electrons. The summed E-state index contributed by atoms with van der Waals surface area (Å²) in [7, 11) is 1.92. The van der Waals surface area contributed by atoms with Crippen LogP contribution < -0.4 is 5.73 Å². The highest BCUT2D eigenvalue weighted by molar-refractivity contribution is 5.10. The topological polar surface area (TPSA) is 53.1 Å².